The third-order valence-electron chi connectivity index (χ3n) is 3.93. The van der Waals surface area contributed by atoms with Crippen LogP contribution in [0.5, 0.6) is 5.75 Å². The number of oxazole rings is 1. The van der Waals surface area contributed by atoms with Crippen LogP contribution in [-0.2, 0) is 17.9 Å². The Bertz CT molecular complexity index is 977. The zero-order valence-electron chi connectivity index (χ0n) is 13.9. The Labute approximate surface area is 143 Å². The van der Waals surface area contributed by atoms with Gasteiger partial charge in [-0.05, 0) is 29.8 Å². The number of amides is 1. The molecule has 2 aromatic carbocycles. The van der Waals surface area contributed by atoms with Crippen LogP contribution in [0.2, 0.25) is 0 Å². The van der Waals surface area contributed by atoms with Crippen molar-refractivity contribution in [2.75, 3.05) is 14.2 Å². The molecule has 1 heterocycles. The molecule has 0 bridgehead atoms. The number of carbonyl (C=O) groups is 1. The van der Waals surface area contributed by atoms with Gasteiger partial charge in [0.1, 0.15) is 6.54 Å². The number of benzene rings is 2. The molecule has 0 aliphatic rings. The minimum Gasteiger partial charge on any atom is -0.494 e. The highest BCUT2D eigenvalue weighted by molar-refractivity contribution is 5.79. The number of halogens is 1. The van der Waals surface area contributed by atoms with Crippen molar-refractivity contribution in [3.63, 3.8) is 0 Å². The molecule has 0 unspecified atom stereocenters. The second-order valence-electron chi connectivity index (χ2n) is 5.64. The third kappa shape index (κ3) is 3.40. The molecule has 3 rings (SSSR count). The van der Waals surface area contributed by atoms with E-state index in [-0.39, 0.29) is 24.7 Å². The van der Waals surface area contributed by atoms with E-state index in [0.717, 1.165) is 0 Å². The lowest BCUT2D eigenvalue weighted by atomic mass is 10.2. The van der Waals surface area contributed by atoms with Gasteiger partial charge >= 0.3 is 5.76 Å². The number of methoxy groups -OCH3 is 1. The average Bonchev–Trinajstić information content (AvgIpc) is 2.90. The van der Waals surface area contributed by atoms with Crippen molar-refractivity contribution in [3.05, 3.63) is 64.4 Å². The lowest BCUT2D eigenvalue weighted by Gasteiger charge is -2.17. The van der Waals surface area contributed by atoms with Crippen LogP contribution >= 0.6 is 0 Å². The Morgan fingerprint density at radius 1 is 1.28 bits per heavy atom. The summed E-state index contributed by atoms with van der Waals surface area (Å²) in [7, 11) is 2.98. The number of hydrogen-bond donors (Lipinski definition) is 0. The van der Waals surface area contributed by atoms with E-state index in [4.69, 9.17) is 9.15 Å². The number of carbonyl (C=O) groups excluding carboxylic acids is 1. The molecule has 1 amide bonds. The summed E-state index contributed by atoms with van der Waals surface area (Å²) in [5, 5.41) is 0. The Kier molecular flexibility index (Phi) is 4.56. The fourth-order valence-electron chi connectivity index (χ4n) is 2.59. The number of fused-ring (bicyclic) bond motifs is 1. The maximum Gasteiger partial charge on any atom is 0.420 e. The van der Waals surface area contributed by atoms with Crippen LogP contribution < -0.4 is 10.5 Å². The zero-order valence-corrected chi connectivity index (χ0v) is 13.9. The lowest BCUT2D eigenvalue weighted by molar-refractivity contribution is -0.131. The van der Waals surface area contributed by atoms with E-state index >= 15 is 0 Å². The monoisotopic (exact) mass is 344 g/mol. The number of nitrogens with zero attached hydrogens (tertiary/aromatic N) is 2. The first-order valence-electron chi connectivity index (χ1n) is 7.64. The fraction of sp³-hybridized carbons (Fsp3) is 0.222. The summed E-state index contributed by atoms with van der Waals surface area (Å²) < 4.78 is 25.0. The van der Waals surface area contributed by atoms with Crippen molar-refractivity contribution < 1.29 is 18.3 Å². The first-order valence-corrected chi connectivity index (χ1v) is 7.64. The molecule has 0 N–H and O–H groups in total. The van der Waals surface area contributed by atoms with Crippen LogP contribution in [0.3, 0.4) is 0 Å². The molecule has 7 heteroatoms. The Morgan fingerprint density at radius 3 is 2.76 bits per heavy atom. The molecule has 130 valence electrons. The molecule has 0 saturated carbocycles. The molecule has 0 atom stereocenters. The van der Waals surface area contributed by atoms with E-state index in [9.17, 15) is 14.0 Å². The Balaban J connectivity index is 1.75. The van der Waals surface area contributed by atoms with Crippen molar-refractivity contribution in [2.24, 2.45) is 0 Å². The van der Waals surface area contributed by atoms with Crippen molar-refractivity contribution in [1.82, 2.24) is 9.47 Å². The van der Waals surface area contributed by atoms with Crippen LogP contribution in [-0.4, -0.2) is 29.5 Å². The zero-order chi connectivity index (χ0) is 18.0. The molecular formula is C18H17FN2O4. The second-order valence-corrected chi connectivity index (χ2v) is 5.64. The Morgan fingerprint density at radius 2 is 2.04 bits per heavy atom. The molecule has 0 radical (unpaired) electrons. The minimum atomic E-state index is -0.585. The smallest absolute Gasteiger partial charge is 0.420 e. The summed E-state index contributed by atoms with van der Waals surface area (Å²) in [6.45, 7) is 0.0647. The van der Waals surface area contributed by atoms with Crippen LogP contribution in [0.4, 0.5) is 4.39 Å². The van der Waals surface area contributed by atoms with Crippen LogP contribution in [0, 0.1) is 5.82 Å². The fourth-order valence-corrected chi connectivity index (χ4v) is 2.59. The van der Waals surface area contributed by atoms with E-state index in [1.807, 2.05) is 0 Å². The van der Waals surface area contributed by atoms with Gasteiger partial charge in [-0.1, -0.05) is 18.2 Å². The minimum absolute atomic E-state index is 0.147. The van der Waals surface area contributed by atoms with Gasteiger partial charge in [-0.15, -0.1) is 0 Å². The molecule has 25 heavy (non-hydrogen) atoms. The molecule has 0 fully saturated rings. The highest BCUT2D eigenvalue weighted by Gasteiger charge is 2.16. The molecule has 0 aliphatic heterocycles. The first kappa shape index (κ1) is 16.8. The highest BCUT2D eigenvalue weighted by Crippen LogP contribution is 2.18. The summed E-state index contributed by atoms with van der Waals surface area (Å²) in [4.78, 5) is 25.8. The third-order valence-corrected chi connectivity index (χ3v) is 3.93. The average molecular weight is 344 g/mol. The summed E-state index contributed by atoms with van der Waals surface area (Å²) in [6.07, 6.45) is 0. The number of hydrogen-bond acceptors (Lipinski definition) is 4. The normalized spacial score (nSPS) is 10.8. The number of ether oxygens (including phenoxy) is 1. The molecule has 6 nitrogen and oxygen atoms in total. The summed E-state index contributed by atoms with van der Waals surface area (Å²) in [6, 6.07) is 11.4. The highest BCUT2D eigenvalue weighted by atomic mass is 19.1. The number of rotatable bonds is 5. The largest absolute Gasteiger partial charge is 0.494 e. The van der Waals surface area contributed by atoms with E-state index in [1.165, 1.54) is 28.7 Å². The maximum absolute atomic E-state index is 13.7. The first-order chi connectivity index (χ1) is 12.0. The summed E-state index contributed by atoms with van der Waals surface area (Å²) >= 11 is 0. The van der Waals surface area contributed by atoms with Crippen LogP contribution in [0.25, 0.3) is 11.1 Å². The molecule has 3 aromatic rings. The van der Waals surface area contributed by atoms with E-state index in [1.54, 1.807) is 37.4 Å². The quantitative estimate of drug-likeness (QED) is 0.713. The van der Waals surface area contributed by atoms with Crippen LogP contribution in [0.1, 0.15) is 5.56 Å². The van der Waals surface area contributed by atoms with Gasteiger partial charge in [-0.25, -0.2) is 9.18 Å². The van der Waals surface area contributed by atoms with Gasteiger partial charge in [-0.3, -0.25) is 9.36 Å². The van der Waals surface area contributed by atoms with E-state index in [0.29, 0.717) is 16.7 Å². The van der Waals surface area contributed by atoms with Gasteiger partial charge in [0.25, 0.3) is 0 Å². The molecule has 0 aliphatic carbocycles. The Hall–Kier alpha value is -3.09. The summed E-state index contributed by atoms with van der Waals surface area (Å²) in [5.41, 5.74) is 1.61. The van der Waals surface area contributed by atoms with Crippen LogP contribution in [0.15, 0.2) is 51.7 Å². The number of aromatic nitrogens is 1. The topological polar surface area (TPSA) is 64.7 Å². The van der Waals surface area contributed by atoms with E-state index in [2.05, 4.69) is 0 Å². The molecule has 0 spiro atoms. The number of para-hydroxylation sites is 2. The molecule has 0 saturated heterocycles. The predicted octanol–water partition coefficient (Wildman–Crippen LogP) is 2.40. The van der Waals surface area contributed by atoms with Crippen molar-refractivity contribution >= 4 is 17.0 Å². The van der Waals surface area contributed by atoms with Gasteiger partial charge in [0.15, 0.2) is 17.1 Å². The van der Waals surface area contributed by atoms with Gasteiger partial charge in [-0.2, -0.15) is 0 Å². The second kappa shape index (κ2) is 6.80. The van der Waals surface area contributed by atoms with E-state index < -0.39 is 11.6 Å². The number of likely N-dealkylation sites (N-methyl/N-ethyl adjacent to an activating group) is 1. The van der Waals surface area contributed by atoms with Crippen molar-refractivity contribution in [3.8, 4) is 5.75 Å². The standard InChI is InChI=1S/C18H17FN2O4/c1-20(10-12-7-8-15(24-2)13(19)9-12)17(22)11-21-14-5-3-4-6-16(14)25-18(21)23/h3-9H,10-11H2,1-2H3. The molecule has 1 aromatic heterocycles. The summed E-state index contributed by atoms with van der Waals surface area (Å²) in [5.74, 6) is -1.21. The van der Waals surface area contributed by atoms with Crippen molar-refractivity contribution in [2.45, 2.75) is 13.1 Å². The lowest BCUT2D eigenvalue weighted by Crippen LogP contribution is -2.32. The maximum atomic E-state index is 13.7. The SMILES string of the molecule is COc1ccc(CN(C)C(=O)Cn2c(=O)oc3ccccc32)cc1F. The van der Waals surface area contributed by atoms with Gasteiger partial charge < -0.3 is 14.1 Å². The van der Waals surface area contributed by atoms with Gasteiger partial charge in [0.2, 0.25) is 5.91 Å². The predicted molar refractivity (Wildman–Crippen MR) is 89.9 cm³/mol. The van der Waals surface area contributed by atoms with Gasteiger partial charge in [0.05, 0.1) is 12.6 Å². The molecular weight excluding hydrogens is 327 g/mol. The van der Waals surface area contributed by atoms with Crippen molar-refractivity contribution in [1.29, 1.82) is 0 Å². The van der Waals surface area contributed by atoms with Gasteiger partial charge in [0, 0.05) is 13.6 Å².